The van der Waals surface area contributed by atoms with Crippen LogP contribution < -0.4 is 4.74 Å². The maximum absolute atomic E-state index is 10.0. The first-order chi connectivity index (χ1) is 14.8. The Labute approximate surface area is 201 Å². The number of rotatable bonds is 2. The molecule has 1 N–H and O–H groups in total. The van der Waals surface area contributed by atoms with Crippen LogP contribution in [0, 0.1) is 6.07 Å². The van der Waals surface area contributed by atoms with Crippen LogP contribution in [0.5, 0.6) is 11.5 Å². The topological polar surface area (TPSA) is 59.4 Å². The van der Waals surface area contributed by atoms with Gasteiger partial charge >= 0.3 is 0 Å². The van der Waals surface area contributed by atoms with Gasteiger partial charge in [0.25, 0.3) is 0 Å². The van der Waals surface area contributed by atoms with Crippen LogP contribution in [0.4, 0.5) is 0 Å². The van der Waals surface area contributed by atoms with E-state index in [4.69, 9.17) is 9.84 Å². The van der Waals surface area contributed by atoms with Crippen LogP contribution >= 0.6 is 0 Å². The van der Waals surface area contributed by atoms with E-state index in [1.807, 2.05) is 18.3 Å². The minimum Gasteiger partial charge on any atom is -0.512 e. The number of pyridine rings is 1. The first kappa shape index (κ1) is 23.6. The zero-order valence-electron chi connectivity index (χ0n) is 18.4. The molecule has 0 aliphatic carbocycles. The number of aliphatic hydroxyl groups is 1. The molecule has 0 saturated carbocycles. The number of carbonyl (C=O) groups is 1. The maximum atomic E-state index is 10.0. The third kappa shape index (κ3) is 4.74. The number of aliphatic hydroxyl groups excluding tert-OH is 1. The molecule has 0 bridgehead atoms. The summed E-state index contributed by atoms with van der Waals surface area (Å²) in [4.78, 5) is 14.7. The van der Waals surface area contributed by atoms with Gasteiger partial charge in [0, 0.05) is 43.5 Å². The summed E-state index contributed by atoms with van der Waals surface area (Å²) in [5.41, 5.74) is 3.19. The van der Waals surface area contributed by atoms with E-state index in [1.54, 1.807) is 0 Å². The Balaban J connectivity index is 0.000000318. The van der Waals surface area contributed by atoms with Crippen molar-refractivity contribution in [2.75, 3.05) is 0 Å². The molecule has 5 heteroatoms. The number of hydrogen-bond donors (Lipinski definition) is 1. The van der Waals surface area contributed by atoms with Crippen LogP contribution in [0.1, 0.15) is 39.2 Å². The second kappa shape index (κ2) is 9.64. The van der Waals surface area contributed by atoms with Gasteiger partial charge in [-0.05, 0) is 42.8 Å². The zero-order valence-corrected chi connectivity index (χ0v) is 20.8. The summed E-state index contributed by atoms with van der Waals surface area (Å²) in [6.07, 6.45) is 3.05. The molecule has 165 valence electrons. The normalized spacial score (nSPS) is 11.8. The molecule has 5 rings (SSSR count). The molecule has 0 atom stereocenters. The van der Waals surface area contributed by atoms with Crippen molar-refractivity contribution >= 4 is 27.3 Å². The number of ether oxygens (including phenoxy) is 1. The fourth-order valence-electron chi connectivity index (χ4n) is 3.72. The van der Waals surface area contributed by atoms with Gasteiger partial charge in [-0.15, -0.1) is 17.5 Å². The van der Waals surface area contributed by atoms with Gasteiger partial charge in [-0.3, -0.25) is 9.78 Å². The Morgan fingerprint density at radius 2 is 1.81 bits per heavy atom. The van der Waals surface area contributed by atoms with Crippen LogP contribution in [0.15, 0.2) is 66.6 Å². The predicted molar refractivity (Wildman–Crippen MR) is 125 cm³/mol. The van der Waals surface area contributed by atoms with E-state index in [0.29, 0.717) is 5.92 Å². The smallest absolute Gasteiger partial charge is 0.155 e. The Bertz CT molecular complexity index is 1340. The Morgan fingerprint density at radius 1 is 1.06 bits per heavy atom. The second-order valence-corrected chi connectivity index (χ2v) is 8.03. The molecule has 0 saturated heterocycles. The van der Waals surface area contributed by atoms with Crippen molar-refractivity contribution in [1.82, 2.24) is 4.98 Å². The molecule has 0 unspecified atom stereocenters. The van der Waals surface area contributed by atoms with Gasteiger partial charge in [-0.2, -0.15) is 0 Å². The molecule has 4 aromatic rings. The van der Waals surface area contributed by atoms with Crippen molar-refractivity contribution in [2.24, 2.45) is 0 Å². The average Bonchev–Trinajstić information content (AvgIpc) is 2.72. The number of aromatic nitrogens is 1. The summed E-state index contributed by atoms with van der Waals surface area (Å²) in [6.45, 7) is 7.25. The molecule has 0 spiro atoms. The van der Waals surface area contributed by atoms with Crippen molar-refractivity contribution in [3.05, 3.63) is 78.2 Å². The average molecular weight is 603 g/mol. The van der Waals surface area contributed by atoms with Crippen LogP contribution in [0.3, 0.4) is 0 Å². The number of allylic oxidation sites excluding steroid dienone is 2. The van der Waals surface area contributed by atoms with E-state index < -0.39 is 0 Å². The molecule has 1 aliphatic rings. The van der Waals surface area contributed by atoms with Gasteiger partial charge in [0.05, 0.1) is 11.5 Å². The van der Waals surface area contributed by atoms with E-state index in [2.05, 4.69) is 61.3 Å². The van der Waals surface area contributed by atoms with Crippen molar-refractivity contribution in [1.29, 1.82) is 0 Å². The van der Waals surface area contributed by atoms with E-state index in [0.717, 1.165) is 38.9 Å². The Hall–Kier alpha value is -3.01. The molecule has 2 heterocycles. The monoisotopic (exact) mass is 603 g/mol. The summed E-state index contributed by atoms with van der Waals surface area (Å²) < 4.78 is 6.28. The van der Waals surface area contributed by atoms with Gasteiger partial charge in [-0.1, -0.05) is 55.1 Å². The van der Waals surface area contributed by atoms with Gasteiger partial charge in [-0.25, -0.2) is 0 Å². The fraction of sp³-hybridized carbons (Fsp3) is 0.185. The molecule has 0 amide bonds. The second-order valence-electron chi connectivity index (χ2n) is 8.03. The maximum Gasteiger partial charge on any atom is 0.155 e. The number of fused-ring (bicyclic) bond motifs is 3. The van der Waals surface area contributed by atoms with E-state index in [-0.39, 0.29) is 31.6 Å². The fourth-order valence-corrected chi connectivity index (χ4v) is 3.72. The SMILES string of the molecule is CC(=O)/C=C(/C)O.CC(C)c1cc2c3c(nccc3c1)-c1[c-]c3ccccc3cc1O2.[Ir]. The molecule has 32 heavy (non-hydrogen) atoms. The minimum atomic E-state index is -0.125. The predicted octanol–water partition coefficient (Wildman–Crippen LogP) is 7.12. The summed E-state index contributed by atoms with van der Waals surface area (Å²) in [5, 5.41) is 12.8. The largest absolute Gasteiger partial charge is 0.512 e. The Morgan fingerprint density at radius 3 is 2.47 bits per heavy atom. The summed E-state index contributed by atoms with van der Waals surface area (Å²) in [6, 6.07) is 20.3. The van der Waals surface area contributed by atoms with Crippen molar-refractivity contribution in [2.45, 2.75) is 33.6 Å². The standard InChI is InChI=1S/C22H16NO.C5H8O2.Ir/c1-13(2)17-9-16-7-8-23-22-18-10-14-5-3-4-6-15(14)11-19(18)24-20(12-17)21(16)22;1-4(6)3-5(2)7;/h3-9,11-13H,1-2H3;3,6H,1-2H3;/q-1;;/b;4-3-;. The third-order valence-electron chi connectivity index (χ3n) is 5.14. The minimum absolute atomic E-state index is 0. The van der Waals surface area contributed by atoms with Crippen molar-refractivity contribution in [3.63, 3.8) is 0 Å². The number of hydrogen-bond acceptors (Lipinski definition) is 4. The molecule has 4 nitrogen and oxygen atoms in total. The van der Waals surface area contributed by atoms with Crippen molar-refractivity contribution in [3.8, 4) is 22.8 Å². The Kier molecular flexibility index (Phi) is 7.12. The number of carbonyl (C=O) groups excluding carboxylic acids is 1. The van der Waals surface area contributed by atoms with E-state index >= 15 is 0 Å². The molecule has 1 radical (unpaired) electrons. The molecule has 1 aromatic heterocycles. The summed E-state index contributed by atoms with van der Waals surface area (Å²) in [5.74, 6) is 2.13. The first-order valence-corrected chi connectivity index (χ1v) is 10.3. The third-order valence-corrected chi connectivity index (χ3v) is 5.14. The molecule has 0 fully saturated rings. The van der Waals surface area contributed by atoms with Gasteiger partial charge < -0.3 is 9.84 Å². The van der Waals surface area contributed by atoms with Crippen molar-refractivity contribution < 1.29 is 34.7 Å². The van der Waals surface area contributed by atoms with Crippen LogP contribution in [-0.4, -0.2) is 15.9 Å². The van der Waals surface area contributed by atoms with Gasteiger partial charge in [0.15, 0.2) is 5.78 Å². The number of ketones is 1. The summed E-state index contributed by atoms with van der Waals surface area (Å²) in [7, 11) is 0. The van der Waals surface area contributed by atoms with Crippen LogP contribution in [-0.2, 0) is 24.9 Å². The van der Waals surface area contributed by atoms with Crippen LogP contribution in [0.2, 0.25) is 0 Å². The van der Waals surface area contributed by atoms with E-state index in [1.165, 1.54) is 30.9 Å². The molecular formula is C27H24IrNO3-. The van der Waals surface area contributed by atoms with E-state index in [9.17, 15) is 4.79 Å². The zero-order chi connectivity index (χ0) is 22.1. The molecule has 1 aliphatic heterocycles. The van der Waals surface area contributed by atoms with Gasteiger partial charge in [0.1, 0.15) is 5.75 Å². The summed E-state index contributed by atoms with van der Waals surface area (Å²) >= 11 is 0. The quantitative estimate of drug-likeness (QED) is 0.133. The molecular weight excluding hydrogens is 579 g/mol. The number of benzene rings is 3. The number of nitrogens with zero attached hydrogens (tertiary/aromatic N) is 1. The first-order valence-electron chi connectivity index (χ1n) is 10.3. The molecule has 3 aromatic carbocycles. The van der Waals surface area contributed by atoms with Crippen LogP contribution in [0.25, 0.3) is 32.8 Å². The van der Waals surface area contributed by atoms with Gasteiger partial charge in [0.2, 0.25) is 0 Å².